The van der Waals surface area contributed by atoms with Gasteiger partial charge < -0.3 is 5.32 Å². The largest absolute Gasteiger partial charge is 0.311 e. The summed E-state index contributed by atoms with van der Waals surface area (Å²) in [5.74, 6) is 0.872. The maximum atomic E-state index is 3.54. The lowest BCUT2D eigenvalue weighted by molar-refractivity contribution is 0.139. The highest BCUT2D eigenvalue weighted by molar-refractivity contribution is 5.85. The van der Waals surface area contributed by atoms with E-state index in [-0.39, 0.29) is 12.4 Å². The Morgan fingerprint density at radius 1 is 1.16 bits per heavy atom. The van der Waals surface area contributed by atoms with E-state index in [1.807, 2.05) is 0 Å². The van der Waals surface area contributed by atoms with Crippen molar-refractivity contribution in [3.63, 3.8) is 0 Å². The minimum absolute atomic E-state index is 0. The standard InChI is InChI=1S/C16H24N2.ClH/c1-12-10-18(13(2)9-17-12)11-14-3-5-15(6-4-14)16-7-8-16;/h3-6,12-13,16-17H,7-11H2,1-2H3;1H. The van der Waals surface area contributed by atoms with Crippen LogP contribution in [0.15, 0.2) is 24.3 Å². The molecule has 2 nitrogen and oxygen atoms in total. The lowest BCUT2D eigenvalue weighted by Crippen LogP contribution is -2.53. The molecule has 1 heterocycles. The summed E-state index contributed by atoms with van der Waals surface area (Å²) < 4.78 is 0. The molecule has 1 N–H and O–H groups in total. The molecular weight excluding hydrogens is 256 g/mol. The van der Waals surface area contributed by atoms with Crippen molar-refractivity contribution in [1.82, 2.24) is 10.2 Å². The highest BCUT2D eigenvalue weighted by Crippen LogP contribution is 2.39. The molecule has 2 fully saturated rings. The summed E-state index contributed by atoms with van der Waals surface area (Å²) in [5.41, 5.74) is 3.00. The molecule has 1 aliphatic carbocycles. The fourth-order valence-corrected chi connectivity index (χ4v) is 2.86. The lowest BCUT2D eigenvalue weighted by atomic mass is 10.1. The Balaban J connectivity index is 0.00000133. The Morgan fingerprint density at radius 2 is 1.84 bits per heavy atom. The second-order valence-corrected chi connectivity index (χ2v) is 6.10. The summed E-state index contributed by atoms with van der Waals surface area (Å²) >= 11 is 0. The molecule has 1 saturated carbocycles. The van der Waals surface area contributed by atoms with Gasteiger partial charge in [-0.15, -0.1) is 12.4 Å². The molecule has 1 saturated heterocycles. The third-order valence-electron chi connectivity index (χ3n) is 4.31. The second-order valence-electron chi connectivity index (χ2n) is 6.10. The molecule has 0 spiro atoms. The van der Waals surface area contributed by atoms with Crippen LogP contribution < -0.4 is 5.32 Å². The molecule has 1 aliphatic heterocycles. The number of hydrogen-bond acceptors (Lipinski definition) is 2. The van der Waals surface area contributed by atoms with Crippen molar-refractivity contribution in [2.24, 2.45) is 0 Å². The van der Waals surface area contributed by atoms with E-state index in [9.17, 15) is 0 Å². The van der Waals surface area contributed by atoms with Gasteiger partial charge in [-0.3, -0.25) is 4.90 Å². The zero-order valence-electron chi connectivity index (χ0n) is 11.9. The first-order valence-corrected chi connectivity index (χ1v) is 7.28. The van der Waals surface area contributed by atoms with E-state index in [0.29, 0.717) is 12.1 Å². The Morgan fingerprint density at radius 3 is 2.47 bits per heavy atom. The molecule has 2 aliphatic rings. The molecule has 1 aromatic carbocycles. The van der Waals surface area contributed by atoms with Crippen molar-refractivity contribution in [2.45, 2.75) is 51.2 Å². The zero-order valence-corrected chi connectivity index (χ0v) is 12.7. The summed E-state index contributed by atoms with van der Waals surface area (Å²) in [6, 6.07) is 10.6. The average molecular weight is 281 g/mol. The summed E-state index contributed by atoms with van der Waals surface area (Å²) in [4.78, 5) is 2.59. The third kappa shape index (κ3) is 3.71. The highest BCUT2D eigenvalue weighted by Gasteiger charge is 2.24. The average Bonchev–Trinajstić information content (AvgIpc) is 3.19. The van der Waals surface area contributed by atoms with Gasteiger partial charge in [0.2, 0.25) is 0 Å². The predicted octanol–water partition coefficient (Wildman–Crippen LogP) is 3.17. The number of benzene rings is 1. The van der Waals surface area contributed by atoms with Crippen LogP contribution in [0.2, 0.25) is 0 Å². The molecule has 0 amide bonds. The summed E-state index contributed by atoms with van der Waals surface area (Å²) in [6.07, 6.45) is 2.79. The summed E-state index contributed by atoms with van der Waals surface area (Å²) in [6.45, 7) is 7.96. The fourth-order valence-electron chi connectivity index (χ4n) is 2.86. The topological polar surface area (TPSA) is 15.3 Å². The van der Waals surface area contributed by atoms with Gasteiger partial charge >= 0.3 is 0 Å². The first kappa shape index (κ1) is 14.8. The molecule has 106 valence electrons. The number of piperazine rings is 1. The minimum Gasteiger partial charge on any atom is -0.311 e. The van der Waals surface area contributed by atoms with E-state index < -0.39 is 0 Å². The van der Waals surface area contributed by atoms with E-state index >= 15 is 0 Å². The van der Waals surface area contributed by atoms with Gasteiger partial charge in [0.15, 0.2) is 0 Å². The zero-order chi connectivity index (χ0) is 12.5. The molecule has 2 unspecified atom stereocenters. The van der Waals surface area contributed by atoms with Gasteiger partial charge in [0.25, 0.3) is 0 Å². The lowest BCUT2D eigenvalue weighted by Gasteiger charge is -2.37. The van der Waals surface area contributed by atoms with Gasteiger partial charge in [-0.2, -0.15) is 0 Å². The van der Waals surface area contributed by atoms with Crippen LogP contribution in [0.25, 0.3) is 0 Å². The smallest absolute Gasteiger partial charge is 0.0237 e. The predicted molar refractivity (Wildman–Crippen MR) is 83.0 cm³/mol. The van der Waals surface area contributed by atoms with Gasteiger partial charge in [0.1, 0.15) is 0 Å². The van der Waals surface area contributed by atoms with Crippen LogP contribution in [0.5, 0.6) is 0 Å². The minimum atomic E-state index is 0. The Kier molecular flexibility index (Phi) is 4.88. The SMILES string of the molecule is CC1CN(Cc2ccc(C3CC3)cc2)C(C)CN1.Cl. The highest BCUT2D eigenvalue weighted by atomic mass is 35.5. The number of nitrogens with zero attached hydrogens (tertiary/aromatic N) is 1. The van der Waals surface area contributed by atoms with Crippen LogP contribution in [0, 0.1) is 0 Å². The molecule has 0 radical (unpaired) electrons. The van der Waals surface area contributed by atoms with Crippen molar-refractivity contribution in [2.75, 3.05) is 13.1 Å². The quantitative estimate of drug-likeness (QED) is 0.915. The van der Waals surface area contributed by atoms with E-state index in [4.69, 9.17) is 0 Å². The van der Waals surface area contributed by atoms with Gasteiger partial charge in [0, 0.05) is 31.7 Å². The van der Waals surface area contributed by atoms with Crippen molar-refractivity contribution in [1.29, 1.82) is 0 Å². The number of nitrogens with one attached hydrogen (secondary N) is 1. The Labute approximate surface area is 123 Å². The van der Waals surface area contributed by atoms with Gasteiger partial charge in [-0.05, 0) is 43.7 Å². The monoisotopic (exact) mass is 280 g/mol. The van der Waals surface area contributed by atoms with E-state index in [1.54, 1.807) is 5.56 Å². The second kappa shape index (κ2) is 6.25. The van der Waals surface area contributed by atoms with Crippen LogP contribution in [0.3, 0.4) is 0 Å². The van der Waals surface area contributed by atoms with E-state index in [1.165, 1.54) is 18.4 Å². The van der Waals surface area contributed by atoms with Crippen LogP contribution in [0.1, 0.15) is 43.7 Å². The van der Waals surface area contributed by atoms with Crippen molar-refractivity contribution >= 4 is 12.4 Å². The van der Waals surface area contributed by atoms with E-state index in [2.05, 4.69) is 48.3 Å². The fraction of sp³-hybridized carbons (Fsp3) is 0.625. The van der Waals surface area contributed by atoms with Crippen LogP contribution in [-0.4, -0.2) is 30.1 Å². The first-order chi connectivity index (χ1) is 8.72. The third-order valence-corrected chi connectivity index (χ3v) is 4.31. The van der Waals surface area contributed by atoms with Crippen molar-refractivity contribution in [3.8, 4) is 0 Å². The van der Waals surface area contributed by atoms with Gasteiger partial charge in [-0.1, -0.05) is 24.3 Å². The maximum Gasteiger partial charge on any atom is 0.0237 e. The normalized spacial score (nSPS) is 27.9. The van der Waals surface area contributed by atoms with E-state index in [0.717, 1.165) is 25.6 Å². The van der Waals surface area contributed by atoms with Crippen molar-refractivity contribution < 1.29 is 0 Å². The van der Waals surface area contributed by atoms with Crippen LogP contribution in [-0.2, 0) is 6.54 Å². The van der Waals surface area contributed by atoms with Crippen molar-refractivity contribution in [3.05, 3.63) is 35.4 Å². The van der Waals surface area contributed by atoms with Gasteiger partial charge in [0.05, 0.1) is 0 Å². The molecule has 2 atom stereocenters. The Bertz CT molecular complexity index is 400. The number of halogens is 1. The molecule has 0 bridgehead atoms. The number of rotatable bonds is 3. The molecular formula is C16H25ClN2. The number of hydrogen-bond donors (Lipinski definition) is 1. The molecule has 3 rings (SSSR count). The van der Waals surface area contributed by atoms with Gasteiger partial charge in [-0.25, -0.2) is 0 Å². The van der Waals surface area contributed by atoms with Crippen LogP contribution >= 0.6 is 12.4 Å². The summed E-state index contributed by atoms with van der Waals surface area (Å²) in [7, 11) is 0. The first-order valence-electron chi connectivity index (χ1n) is 7.28. The van der Waals surface area contributed by atoms with Crippen LogP contribution in [0.4, 0.5) is 0 Å². The molecule has 0 aromatic heterocycles. The summed E-state index contributed by atoms with van der Waals surface area (Å²) in [5, 5.41) is 3.54. The molecule has 1 aromatic rings. The molecule has 3 heteroatoms. The Hall–Kier alpha value is -0.570. The maximum absolute atomic E-state index is 3.54. The molecule has 19 heavy (non-hydrogen) atoms.